The molecule has 0 spiro atoms. The van der Waals surface area contributed by atoms with Gasteiger partial charge in [0, 0.05) is 36.7 Å². The van der Waals surface area contributed by atoms with E-state index in [0.29, 0.717) is 23.8 Å². The van der Waals surface area contributed by atoms with E-state index < -0.39 is 0 Å². The second-order valence-electron chi connectivity index (χ2n) is 10.4. The molecule has 0 unspecified atom stereocenters. The largest absolute Gasteiger partial charge is 0.381 e. The maximum absolute atomic E-state index is 5.75. The molecule has 1 aromatic carbocycles. The van der Waals surface area contributed by atoms with E-state index in [4.69, 9.17) is 9.72 Å². The molecule has 4 atom stereocenters. The van der Waals surface area contributed by atoms with Crippen LogP contribution in [0.1, 0.15) is 53.6 Å². The van der Waals surface area contributed by atoms with Gasteiger partial charge in [-0.15, -0.1) is 0 Å². The van der Waals surface area contributed by atoms with E-state index in [1.165, 1.54) is 41.6 Å². The highest BCUT2D eigenvalue weighted by Crippen LogP contribution is 2.43. The van der Waals surface area contributed by atoms with E-state index in [-0.39, 0.29) is 6.04 Å². The van der Waals surface area contributed by atoms with Crippen LogP contribution >= 0.6 is 0 Å². The number of nitrogens with zero attached hydrogens (tertiary/aromatic N) is 3. The number of anilines is 1. The van der Waals surface area contributed by atoms with Gasteiger partial charge in [0.1, 0.15) is 17.8 Å². The molecule has 2 N–H and O–H groups in total. The molecular formula is C26H31N5O. The van der Waals surface area contributed by atoms with Gasteiger partial charge in [-0.3, -0.25) is 4.90 Å². The minimum atomic E-state index is 0.232. The Kier molecular flexibility index (Phi) is 4.34. The lowest BCUT2D eigenvalue weighted by Gasteiger charge is -2.40. The molecule has 0 amide bonds. The number of ether oxygens (including phenoxy) is 1. The van der Waals surface area contributed by atoms with Crippen LogP contribution < -0.4 is 5.32 Å². The summed E-state index contributed by atoms with van der Waals surface area (Å²) in [5.41, 5.74) is 6.63. The zero-order valence-corrected chi connectivity index (χ0v) is 18.7. The molecule has 3 fully saturated rings. The summed E-state index contributed by atoms with van der Waals surface area (Å²) in [5, 5.41) is 5.05. The molecule has 32 heavy (non-hydrogen) atoms. The van der Waals surface area contributed by atoms with Gasteiger partial charge in [0.05, 0.1) is 24.6 Å². The highest BCUT2D eigenvalue weighted by molar-refractivity contribution is 5.88. The first kappa shape index (κ1) is 19.1. The standard InChI is InChI=1S/C26H31N5O/c1-15-3-2-4-20-19(15)7-8-23(31-10-17-12-32-13-18(17)11-31)24(20)30-26-21-9-22(16-5-6-16)29-25(21)27-14-28-26/h2-4,9,14,16-18,23-24H,5-8,10-13H2,1H3,(H2,27,28,29,30)/t17-,18+,23-,24-/m0/s1. The summed E-state index contributed by atoms with van der Waals surface area (Å²) in [5.74, 6) is 3.04. The summed E-state index contributed by atoms with van der Waals surface area (Å²) >= 11 is 0. The number of fused-ring (bicyclic) bond motifs is 3. The number of hydrogen-bond acceptors (Lipinski definition) is 5. The predicted molar refractivity (Wildman–Crippen MR) is 125 cm³/mol. The number of rotatable bonds is 4. The van der Waals surface area contributed by atoms with Gasteiger partial charge >= 0.3 is 0 Å². The lowest BCUT2D eigenvalue weighted by atomic mass is 9.81. The fraction of sp³-hybridized carbons (Fsp3) is 0.538. The molecule has 4 heterocycles. The van der Waals surface area contributed by atoms with Crippen molar-refractivity contribution in [2.45, 2.75) is 50.6 Å². The summed E-state index contributed by atoms with van der Waals surface area (Å²) in [4.78, 5) is 15.5. The minimum absolute atomic E-state index is 0.232. The van der Waals surface area contributed by atoms with Gasteiger partial charge in [0.15, 0.2) is 0 Å². The SMILES string of the molecule is Cc1cccc2c1CC[C@H](N1C[C@H]3COC[C@H]3C1)[C@H]2Nc1ncnc2[nH]c(C3CC3)cc12. The zero-order valence-electron chi connectivity index (χ0n) is 18.7. The number of aromatic nitrogens is 3. The molecule has 2 aliphatic carbocycles. The normalized spacial score (nSPS) is 29.9. The van der Waals surface area contributed by atoms with Gasteiger partial charge in [-0.25, -0.2) is 9.97 Å². The quantitative estimate of drug-likeness (QED) is 0.651. The van der Waals surface area contributed by atoms with Crippen LogP contribution in [0.25, 0.3) is 11.0 Å². The van der Waals surface area contributed by atoms with Crippen molar-refractivity contribution in [3.05, 3.63) is 53.0 Å². The van der Waals surface area contributed by atoms with Crippen LogP contribution in [0.3, 0.4) is 0 Å². The first-order valence-corrected chi connectivity index (χ1v) is 12.2. The topological polar surface area (TPSA) is 66.1 Å². The molecule has 6 heteroatoms. The summed E-state index contributed by atoms with van der Waals surface area (Å²) in [6.45, 7) is 6.43. The van der Waals surface area contributed by atoms with E-state index >= 15 is 0 Å². The van der Waals surface area contributed by atoms with Gasteiger partial charge in [0.2, 0.25) is 0 Å². The van der Waals surface area contributed by atoms with Gasteiger partial charge < -0.3 is 15.0 Å². The fourth-order valence-corrected chi connectivity index (χ4v) is 6.42. The molecule has 7 rings (SSSR count). The average Bonchev–Trinajstić information content (AvgIpc) is 3.21. The van der Waals surface area contributed by atoms with E-state index in [1.54, 1.807) is 6.33 Å². The van der Waals surface area contributed by atoms with Crippen molar-refractivity contribution in [3.63, 3.8) is 0 Å². The Bertz CT molecular complexity index is 1160. The lowest BCUT2D eigenvalue weighted by Crippen LogP contribution is -2.44. The van der Waals surface area contributed by atoms with Gasteiger partial charge in [-0.2, -0.15) is 0 Å². The maximum atomic E-state index is 5.75. The third kappa shape index (κ3) is 3.07. The molecular weight excluding hydrogens is 398 g/mol. The molecule has 4 aliphatic rings. The van der Waals surface area contributed by atoms with Crippen LogP contribution in [-0.2, 0) is 11.2 Å². The average molecular weight is 430 g/mol. The summed E-state index contributed by atoms with van der Waals surface area (Å²) in [7, 11) is 0. The maximum Gasteiger partial charge on any atom is 0.143 e. The van der Waals surface area contributed by atoms with Crippen molar-refractivity contribution < 1.29 is 4.74 Å². The monoisotopic (exact) mass is 429 g/mol. The highest BCUT2D eigenvalue weighted by Gasteiger charge is 2.43. The molecule has 2 saturated heterocycles. The van der Waals surface area contributed by atoms with E-state index in [1.807, 2.05) is 0 Å². The molecule has 2 aliphatic heterocycles. The van der Waals surface area contributed by atoms with Crippen molar-refractivity contribution in [1.29, 1.82) is 0 Å². The van der Waals surface area contributed by atoms with Crippen LogP contribution in [0.15, 0.2) is 30.6 Å². The van der Waals surface area contributed by atoms with Crippen molar-refractivity contribution in [2.24, 2.45) is 11.8 Å². The number of benzene rings is 1. The molecule has 3 aromatic rings. The van der Waals surface area contributed by atoms with Crippen molar-refractivity contribution in [3.8, 4) is 0 Å². The Morgan fingerprint density at radius 1 is 1.09 bits per heavy atom. The summed E-state index contributed by atoms with van der Waals surface area (Å²) in [6.07, 6.45) is 6.60. The minimum Gasteiger partial charge on any atom is -0.381 e. The first-order valence-electron chi connectivity index (χ1n) is 12.2. The van der Waals surface area contributed by atoms with Gasteiger partial charge in [-0.05, 0) is 61.3 Å². The van der Waals surface area contributed by atoms with Crippen LogP contribution in [0.5, 0.6) is 0 Å². The third-order valence-corrected chi connectivity index (χ3v) is 8.35. The Labute approximate surface area is 188 Å². The zero-order chi connectivity index (χ0) is 21.2. The first-order chi connectivity index (χ1) is 15.7. The van der Waals surface area contributed by atoms with Crippen molar-refractivity contribution in [2.75, 3.05) is 31.6 Å². The Morgan fingerprint density at radius 2 is 1.94 bits per heavy atom. The fourth-order valence-electron chi connectivity index (χ4n) is 6.42. The number of aryl methyl sites for hydroxylation is 1. The third-order valence-electron chi connectivity index (χ3n) is 8.35. The highest BCUT2D eigenvalue weighted by atomic mass is 16.5. The molecule has 166 valence electrons. The van der Waals surface area contributed by atoms with E-state index in [9.17, 15) is 0 Å². The Balaban J connectivity index is 1.27. The molecule has 6 nitrogen and oxygen atoms in total. The number of hydrogen-bond donors (Lipinski definition) is 2. The molecule has 2 aromatic heterocycles. The number of H-pyrrole nitrogens is 1. The van der Waals surface area contributed by atoms with Crippen LogP contribution in [-0.4, -0.2) is 52.2 Å². The lowest BCUT2D eigenvalue weighted by molar-refractivity contribution is 0.127. The number of likely N-dealkylation sites (tertiary alicyclic amines) is 1. The molecule has 0 radical (unpaired) electrons. The van der Waals surface area contributed by atoms with E-state index in [0.717, 1.165) is 49.6 Å². The van der Waals surface area contributed by atoms with Crippen LogP contribution in [0, 0.1) is 18.8 Å². The van der Waals surface area contributed by atoms with Crippen molar-refractivity contribution in [1.82, 2.24) is 19.9 Å². The Morgan fingerprint density at radius 3 is 2.75 bits per heavy atom. The van der Waals surface area contributed by atoms with Crippen molar-refractivity contribution >= 4 is 16.9 Å². The Hall–Kier alpha value is -2.44. The summed E-state index contributed by atoms with van der Waals surface area (Å²) < 4.78 is 5.75. The predicted octanol–water partition coefficient (Wildman–Crippen LogP) is 4.19. The van der Waals surface area contributed by atoms with Crippen LogP contribution in [0.2, 0.25) is 0 Å². The second kappa shape index (κ2) is 7.29. The van der Waals surface area contributed by atoms with E-state index in [2.05, 4.69) is 51.4 Å². The van der Waals surface area contributed by atoms with Gasteiger partial charge in [-0.1, -0.05) is 18.2 Å². The van der Waals surface area contributed by atoms with Gasteiger partial charge in [0.25, 0.3) is 0 Å². The number of aromatic amines is 1. The molecule has 1 saturated carbocycles. The van der Waals surface area contributed by atoms with Crippen LogP contribution in [0.4, 0.5) is 5.82 Å². The smallest absolute Gasteiger partial charge is 0.143 e. The molecule has 0 bridgehead atoms. The second-order valence-corrected chi connectivity index (χ2v) is 10.4. The summed E-state index contributed by atoms with van der Waals surface area (Å²) in [6, 6.07) is 9.79. The number of nitrogens with one attached hydrogen (secondary N) is 2.